The zero-order valence-electron chi connectivity index (χ0n) is 10.5. The van der Waals surface area contributed by atoms with E-state index in [0.29, 0.717) is 11.6 Å². The third kappa shape index (κ3) is 2.10. The summed E-state index contributed by atoms with van der Waals surface area (Å²) in [5.41, 5.74) is 3.11. The highest BCUT2D eigenvalue weighted by atomic mass is 35.5. The number of benzene rings is 1. The molecule has 1 aliphatic heterocycles. The Kier molecular flexibility index (Phi) is 2.99. The highest BCUT2D eigenvalue weighted by molar-refractivity contribution is 6.29. The predicted octanol–water partition coefficient (Wildman–Crippen LogP) is 2.84. The average molecular weight is 273 g/mol. The first-order valence-electron chi connectivity index (χ1n) is 6.12. The van der Waals surface area contributed by atoms with Crippen molar-refractivity contribution in [2.45, 2.75) is 12.5 Å². The molecule has 4 heteroatoms. The van der Waals surface area contributed by atoms with Crippen LogP contribution < -0.4 is 0 Å². The Morgan fingerprint density at radius 2 is 2.05 bits per heavy atom. The van der Waals surface area contributed by atoms with Gasteiger partial charge in [-0.05, 0) is 22.8 Å². The van der Waals surface area contributed by atoms with Crippen LogP contribution in [0.4, 0.5) is 0 Å². The van der Waals surface area contributed by atoms with E-state index in [1.165, 1.54) is 0 Å². The third-order valence-corrected chi connectivity index (χ3v) is 3.73. The zero-order chi connectivity index (χ0) is 13.4. The molecular weight excluding hydrogens is 260 g/mol. The van der Waals surface area contributed by atoms with Crippen LogP contribution in [0.25, 0.3) is 0 Å². The van der Waals surface area contributed by atoms with Crippen LogP contribution in [-0.4, -0.2) is 22.8 Å². The van der Waals surface area contributed by atoms with E-state index in [1.54, 1.807) is 11.1 Å². The molecule has 1 amide bonds. The van der Waals surface area contributed by atoms with Gasteiger partial charge in [0.15, 0.2) is 0 Å². The van der Waals surface area contributed by atoms with Crippen LogP contribution in [0.2, 0.25) is 5.15 Å². The van der Waals surface area contributed by atoms with Crippen molar-refractivity contribution in [3.8, 4) is 0 Å². The number of rotatable bonds is 1. The van der Waals surface area contributed by atoms with Gasteiger partial charge in [0.2, 0.25) is 5.91 Å². The number of hydrogen-bond donors (Lipinski definition) is 0. The molecule has 3 rings (SSSR count). The largest absolute Gasteiger partial charge is 0.334 e. The van der Waals surface area contributed by atoms with Crippen LogP contribution in [0, 0.1) is 0 Å². The SMILES string of the molecule is CN1C(=O)Cc2cnc(Cl)cc2C1c1ccccc1. The molecule has 1 aromatic heterocycles. The standard InChI is InChI=1S/C15H13ClN2O/c1-18-14(19)7-11-9-17-13(16)8-12(11)15(18)10-5-3-2-4-6-10/h2-6,8-9,15H,7H2,1H3. The quantitative estimate of drug-likeness (QED) is 0.748. The maximum Gasteiger partial charge on any atom is 0.227 e. The molecule has 0 radical (unpaired) electrons. The Morgan fingerprint density at radius 3 is 2.79 bits per heavy atom. The maximum absolute atomic E-state index is 12.1. The van der Waals surface area contributed by atoms with Crippen LogP contribution >= 0.6 is 11.6 Å². The number of pyridine rings is 1. The van der Waals surface area contributed by atoms with Crippen molar-refractivity contribution < 1.29 is 4.79 Å². The van der Waals surface area contributed by atoms with E-state index in [-0.39, 0.29) is 11.9 Å². The Bertz CT molecular complexity index is 627. The van der Waals surface area contributed by atoms with Crippen LogP contribution in [-0.2, 0) is 11.2 Å². The van der Waals surface area contributed by atoms with E-state index >= 15 is 0 Å². The Morgan fingerprint density at radius 1 is 1.32 bits per heavy atom. The lowest BCUT2D eigenvalue weighted by atomic mass is 9.89. The van der Waals surface area contributed by atoms with E-state index in [4.69, 9.17) is 11.6 Å². The van der Waals surface area contributed by atoms with Gasteiger partial charge in [0.05, 0.1) is 12.5 Å². The molecule has 0 bridgehead atoms. The minimum atomic E-state index is -0.0852. The fourth-order valence-electron chi connectivity index (χ4n) is 2.55. The summed E-state index contributed by atoms with van der Waals surface area (Å²) in [7, 11) is 1.83. The van der Waals surface area contributed by atoms with Gasteiger partial charge < -0.3 is 4.90 Å². The molecule has 2 heterocycles. The van der Waals surface area contributed by atoms with Crippen LogP contribution in [0.5, 0.6) is 0 Å². The molecule has 0 saturated heterocycles. The summed E-state index contributed by atoms with van der Waals surface area (Å²) in [4.78, 5) is 17.9. The van der Waals surface area contributed by atoms with Crippen molar-refractivity contribution in [3.63, 3.8) is 0 Å². The molecule has 2 aromatic rings. The summed E-state index contributed by atoms with van der Waals surface area (Å²) >= 11 is 6.00. The van der Waals surface area contributed by atoms with Gasteiger partial charge in [-0.25, -0.2) is 4.98 Å². The highest BCUT2D eigenvalue weighted by Gasteiger charge is 2.31. The van der Waals surface area contributed by atoms with Gasteiger partial charge in [0.25, 0.3) is 0 Å². The third-order valence-electron chi connectivity index (χ3n) is 3.52. The Balaban J connectivity index is 2.17. The highest BCUT2D eigenvalue weighted by Crippen LogP contribution is 2.35. The molecule has 0 saturated carbocycles. The molecule has 0 spiro atoms. The molecule has 1 unspecified atom stereocenters. The summed E-state index contributed by atoms with van der Waals surface area (Å²) in [6, 6.07) is 11.7. The van der Waals surface area contributed by atoms with Crippen molar-refractivity contribution in [3.05, 3.63) is 64.4 Å². The minimum Gasteiger partial charge on any atom is -0.334 e. The number of nitrogens with zero attached hydrogens (tertiary/aromatic N) is 2. The fraction of sp³-hybridized carbons (Fsp3) is 0.200. The second-order valence-electron chi connectivity index (χ2n) is 4.70. The molecule has 1 aliphatic rings. The fourth-order valence-corrected chi connectivity index (χ4v) is 2.72. The predicted molar refractivity (Wildman–Crippen MR) is 74.0 cm³/mol. The van der Waals surface area contributed by atoms with E-state index in [9.17, 15) is 4.79 Å². The number of carbonyl (C=O) groups excluding carboxylic acids is 1. The van der Waals surface area contributed by atoms with E-state index in [2.05, 4.69) is 4.98 Å². The number of carbonyl (C=O) groups is 1. The second-order valence-corrected chi connectivity index (χ2v) is 5.09. The summed E-state index contributed by atoms with van der Waals surface area (Å²) in [5.74, 6) is 0.102. The zero-order valence-corrected chi connectivity index (χ0v) is 11.3. The first kappa shape index (κ1) is 12.2. The second kappa shape index (κ2) is 4.67. The smallest absolute Gasteiger partial charge is 0.227 e. The van der Waals surface area contributed by atoms with Crippen molar-refractivity contribution in [1.82, 2.24) is 9.88 Å². The lowest BCUT2D eigenvalue weighted by Gasteiger charge is -2.34. The number of amides is 1. The van der Waals surface area contributed by atoms with Gasteiger partial charge in [0.1, 0.15) is 5.15 Å². The van der Waals surface area contributed by atoms with Crippen LogP contribution in [0.15, 0.2) is 42.6 Å². The summed E-state index contributed by atoms with van der Waals surface area (Å²) in [6.07, 6.45) is 2.10. The van der Waals surface area contributed by atoms with Crippen molar-refractivity contribution in [1.29, 1.82) is 0 Å². The van der Waals surface area contributed by atoms with Gasteiger partial charge in [-0.1, -0.05) is 41.9 Å². The first-order valence-corrected chi connectivity index (χ1v) is 6.49. The normalized spacial score (nSPS) is 18.3. The number of fused-ring (bicyclic) bond motifs is 1. The minimum absolute atomic E-state index is 0.0852. The topological polar surface area (TPSA) is 33.2 Å². The molecule has 3 nitrogen and oxygen atoms in total. The molecule has 96 valence electrons. The van der Waals surface area contributed by atoms with Gasteiger partial charge in [-0.15, -0.1) is 0 Å². The molecular formula is C15H13ClN2O. The van der Waals surface area contributed by atoms with Crippen LogP contribution in [0.1, 0.15) is 22.7 Å². The van der Waals surface area contributed by atoms with Gasteiger partial charge in [0, 0.05) is 13.2 Å². The summed E-state index contributed by atoms with van der Waals surface area (Å²) in [5, 5.41) is 0.461. The molecule has 19 heavy (non-hydrogen) atoms. The average Bonchev–Trinajstić information content (AvgIpc) is 2.42. The van der Waals surface area contributed by atoms with E-state index < -0.39 is 0 Å². The van der Waals surface area contributed by atoms with Crippen LogP contribution in [0.3, 0.4) is 0 Å². The van der Waals surface area contributed by atoms with Crippen molar-refractivity contribution in [2.24, 2.45) is 0 Å². The van der Waals surface area contributed by atoms with Gasteiger partial charge in [-0.2, -0.15) is 0 Å². The van der Waals surface area contributed by atoms with Gasteiger partial charge >= 0.3 is 0 Å². The lowest BCUT2D eigenvalue weighted by Crippen LogP contribution is -2.37. The lowest BCUT2D eigenvalue weighted by molar-refractivity contribution is -0.131. The number of aromatic nitrogens is 1. The Hall–Kier alpha value is -1.87. The first-order chi connectivity index (χ1) is 9.16. The molecule has 0 fully saturated rings. The summed E-state index contributed by atoms with van der Waals surface area (Å²) in [6.45, 7) is 0. The summed E-state index contributed by atoms with van der Waals surface area (Å²) < 4.78 is 0. The molecule has 1 atom stereocenters. The van der Waals surface area contributed by atoms with Gasteiger partial charge in [-0.3, -0.25) is 4.79 Å². The van der Waals surface area contributed by atoms with Crippen molar-refractivity contribution in [2.75, 3.05) is 7.05 Å². The maximum atomic E-state index is 12.1. The molecule has 0 N–H and O–H groups in total. The Labute approximate surface area is 116 Å². The monoisotopic (exact) mass is 272 g/mol. The van der Waals surface area contributed by atoms with Crippen molar-refractivity contribution >= 4 is 17.5 Å². The molecule has 1 aromatic carbocycles. The number of halogens is 1. The van der Waals surface area contributed by atoms with E-state index in [1.807, 2.05) is 43.4 Å². The molecule has 0 aliphatic carbocycles. The number of hydrogen-bond acceptors (Lipinski definition) is 2. The van der Waals surface area contributed by atoms with E-state index in [0.717, 1.165) is 16.7 Å². The number of likely N-dealkylation sites (N-methyl/N-ethyl adjacent to an activating group) is 1.